The minimum Gasteiger partial charge on any atom is -0.466 e. The van der Waals surface area contributed by atoms with Gasteiger partial charge in [0.15, 0.2) is 8.32 Å². The molecule has 0 radical (unpaired) electrons. The number of hydrogen-bond acceptors (Lipinski definition) is 5. The van der Waals surface area contributed by atoms with E-state index in [4.69, 9.17) is 13.9 Å². The van der Waals surface area contributed by atoms with Crippen LogP contribution in [0, 0.1) is 0 Å². The highest BCUT2D eigenvalue weighted by atomic mass is 28.4. The van der Waals surface area contributed by atoms with Crippen molar-refractivity contribution in [2.75, 3.05) is 13.2 Å². The Kier molecular flexibility index (Phi) is 9.15. The highest BCUT2D eigenvalue weighted by Crippen LogP contribution is 2.36. The van der Waals surface area contributed by atoms with Crippen LogP contribution in [0.2, 0.25) is 18.1 Å². The zero-order valence-electron chi connectivity index (χ0n) is 17.4. The lowest BCUT2D eigenvalue weighted by Crippen LogP contribution is -2.47. The van der Waals surface area contributed by atoms with Crippen LogP contribution in [0.5, 0.6) is 0 Å². The second-order valence-electron chi connectivity index (χ2n) is 8.90. The van der Waals surface area contributed by atoms with Gasteiger partial charge >= 0.3 is 12.1 Å². The summed E-state index contributed by atoms with van der Waals surface area (Å²) in [6.45, 7) is 18.5. The molecule has 0 rings (SSSR count). The fourth-order valence-electron chi connectivity index (χ4n) is 1.74. The Hall–Kier alpha value is -1.08. The van der Waals surface area contributed by atoms with Crippen molar-refractivity contribution < 1.29 is 23.5 Å². The van der Waals surface area contributed by atoms with Gasteiger partial charge in [-0.05, 0) is 51.7 Å². The van der Waals surface area contributed by atoms with Crippen molar-refractivity contribution in [3.8, 4) is 0 Å². The first kappa shape index (κ1) is 23.9. The van der Waals surface area contributed by atoms with Gasteiger partial charge in [-0.1, -0.05) is 20.8 Å². The van der Waals surface area contributed by atoms with Crippen LogP contribution in [0.15, 0.2) is 0 Å². The first-order valence-corrected chi connectivity index (χ1v) is 11.8. The molecule has 0 aliphatic rings. The predicted octanol–water partition coefficient (Wildman–Crippen LogP) is 4.24. The lowest BCUT2D eigenvalue weighted by molar-refractivity contribution is -0.141. The van der Waals surface area contributed by atoms with Crippen molar-refractivity contribution in [2.24, 2.45) is 0 Å². The maximum absolute atomic E-state index is 12.1. The second kappa shape index (κ2) is 9.57. The number of rotatable bonds is 8. The van der Waals surface area contributed by atoms with E-state index in [-0.39, 0.29) is 17.0 Å². The van der Waals surface area contributed by atoms with E-state index in [9.17, 15) is 9.59 Å². The molecule has 0 saturated carbocycles. The van der Waals surface area contributed by atoms with Gasteiger partial charge in [0.05, 0.1) is 19.3 Å². The van der Waals surface area contributed by atoms with Gasteiger partial charge in [0.25, 0.3) is 0 Å². The number of esters is 1. The van der Waals surface area contributed by atoms with Crippen molar-refractivity contribution >= 4 is 20.4 Å². The third-order valence-corrected chi connectivity index (χ3v) is 8.68. The number of ether oxygens (including phenoxy) is 2. The summed E-state index contributed by atoms with van der Waals surface area (Å²) in [6, 6.07) is -0.181. The van der Waals surface area contributed by atoms with Crippen molar-refractivity contribution in [1.29, 1.82) is 0 Å². The number of alkyl carbamates (subject to hydrolysis) is 1. The first-order valence-electron chi connectivity index (χ1n) is 8.91. The number of carbonyl (C=O) groups is 2. The van der Waals surface area contributed by atoms with Crippen LogP contribution in [-0.2, 0) is 18.7 Å². The van der Waals surface area contributed by atoms with E-state index in [0.717, 1.165) is 0 Å². The molecule has 0 bridgehead atoms. The molecule has 0 fully saturated rings. The zero-order chi connectivity index (χ0) is 19.9. The SMILES string of the molecule is CC(=O)OCCCC(CO[Si](C)(C)C(C)(C)C)NC(=O)OC(C)(C)C. The molecular weight excluding hydrogens is 338 g/mol. The summed E-state index contributed by atoms with van der Waals surface area (Å²) >= 11 is 0. The van der Waals surface area contributed by atoms with Gasteiger partial charge in [-0.2, -0.15) is 0 Å². The molecule has 0 spiro atoms. The molecule has 1 N–H and O–H groups in total. The highest BCUT2D eigenvalue weighted by Gasteiger charge is 2.37. The fourth-order valence-corrected chi connectivity index (χ4v) is 2.79. The van der Waals surface area contributed by atoms with Crippen molar-refractivity contribution in [2.45, 2.75) is 91.1 Å². The maximum Gasteiger partial charge on any atom is 0.407 e. The van der Waals surface area contributed by atoms with Gasteiger partial charge in [-0.15, -0.1) is 0 Å². The van der Waals surface area contributed by atoms with E-state index in [1.807, 2.05) is 20.8 Å². The molecule has 7 heteroatoms. The van der Waals surface area contributed by atoms with Crippen LogP contribution in [0.25, 0.3) is 0 Å². The molecular formula is C18H37NO5Si. The predicted molar refractivity (Wildman–Crippen MR) is 102 cm³/mol. The van der Waals surface area contributed by atoms with Gasteiger partial charge in [0.1, 0.15) is 5.60 Å². The number of nitrogens with one attached hydrogen (secondary N) is 1. The topological polar surface area (TPSA) is 73.9 Å². The van der Waals surface area contributed by atoms with Crippen LogP contribution in [-0.4, -0.2) is 45.2 Å². The maximum atomic E-state index is 12.1. The highest BCUT2D eigenvalue weighted by molar-refractivity contribution is 6.74. The average molecular weight is 376 g/mol. The van der Waals surface area contributed by atoms with Gasteiger partial charge < -0.3 is 19.2 Å². The Bertz CT molecular complexity index is 438. The molecule has 0 heterocycles. The van der Waals surface area contributed by atoms with Crippen LogP contribution in [0.3, 0.4) is 0 Å². The molecule has 1 amide bonds. The molecule has 148 valence electrons. The Balaban J connectivity index is 4.72. The quantitative estimate of drug-likeness (QED) is 0.390. The monoisotopic (exact) mass is 375 g/mol. The largest absolute Gasteiger partial charge is 0.466 e. The van der Waals surface area contributed by atoms with Gasteiger partial charge in [-0.3, -0.25) is 4.79 Å². The molecule has 1 atom stereocenters. The number of hydrogen-bond donors (Lipinski definition) is 1. The lowest BCUT2D eigenvalue weighted by Gasteiger charge is -2.37. The zero-order valence-corrected chi connectivity index (χ0v) is 18.4. The molecule has 0 aliphatic heterocycles. The summed E-state index contributed by atoms with van der Waals surface area (Å²) < 4.78 is 16.5. The number of amides is 1. The second-order valence-corrected chi connectivity index (χ2v) is 13.7. The Morgan fingerprint density at radius 2 is 1.64 bits per heavy atom. The Morgan fingerprint density at radius 3 is 2.08 bits per heavy atom. The van der Waals surface area contributed by atoms with Gasteiger partial charge in [0, 0.05) is 6.92 Å². The van der Waals surface area contributed by atoms with Crippen molar-refractivity contribution in [3.63, 3.8) is 0 Å². The molecule has 0 aliphatic carbocycles. The van der Waals surface area contributed by atoms with Crippen LogP contribution in [0.4, 0.5) is 4.79 Å². The summed E-state index contributed by atoms with van der Waals surface area (Å²) in [6.07, 6.45) is 0.853. The molecule has 0 aromatic carbocycles. The standard InChI is InChI=1S/C18H37NO5Si/c1-14(20)22-12-10-11-15(19-16(21)24-17(2,3)4)13-23-25(8,9)18(5,6)7/h15H,10-13H2,1-9H3,(H,19,21). The van der Waals surface area contributed by atoms with E-state index in [1.165, 1.54) is 6.92 Å². The Labute approximate surface area is 154 Å². The third kappa shape index (κ3) is 11.2. The molecule has 0 aromatic rings. The molecule has 0 aromatic heterocycles. The first-order chi connectivity index (χ1) is 11.1. The van der Waals surface area contributed by atoms with Crippen molar-refractivity contribution in [3.05, 3.63) is 0 Å². The smallest absolute Gasteiger partial charge is 0.407 e. The summed E-state index contributed by atoms with van der Waals surface area (Å²) in [5.41, 5.74) is -0.549. The van der Waals surface area contributed by atoms with E-state index >= 15 is 0 Å². The van der Waals surface area contributed by atoms with E-state index in [0.29, 0.717) is 26.1 Å². The fraction of sp³-hybridized carbons (Fsp3) is 0.889. The lowest BCUT2D eigenvalue weighted by atomic mass is 10.2. The third-order valence-electron chi connectivity index (χ3n) is 4.17. The molecule has 1 unspecified atom stereocenters. The van der Waals surface area contributed by atoms with Gasteiger partial charge in [-0.25, -0.2) is 4.79 Å². The van der Waals surface area contributed by atoms with Crippen LogP contribution >= 0.6 is 0 Å². The molecule has 0 saturated heterocycles. The summed E-state index contributed by atoms with van der Waals surface area (Å²) in [5.74, 6) is -0.297. The van der Waals surface area contributed by atoms with Crippen molar-refractivity contribution in [1.82, 2.24) is 5.32 Å². The summed E-state index contributed by atoms with van der Waals surface area (Å²) in [5, 5.41) is 2.98. The van der Waals surface area contributed by atoms with E-state index < -0.39 is 20.0 Å². The minimum atomic E-state index is -1.91. The Morgan fingerprint density at radius 1 is 1.08 bits per heavy atom. The van der Waals surface area contributed by atoms with E-state index in [2.05, 4.69) is 39.2 Å². The minimum absolute atomic E-state index is 0.0984. The molecule has 6 nitrogen and oxygen atoms in total. The summed E-state index contributed by atoms with van der Waals surface area (Å²) in [4.78, 5) is 22.9. The van der Waals surface area contributed by atoms with E-state index in [1.54, 1.807) is 0 Å². The van der Waals surface area contributed by atoms with Crippen LogP contribution in [0.1, 0.15) is 61.3 Å². The molecule has 25 heavy (non-hydrogen) atoms. The van der Waals surface area contributed by atoms with Crippen LogP contribution < -0.4 is 5.32 Å². The normalized spacial score (nSPS) is 14.0. The average Bonchev–Trinajstić information content (AvgIpc) is 2.36. The summed E-state index contributed by atoms with van der Waals surface area (Å²) in [7, 11) is -1.91. The number of carbonyl (C=O) groups excluding carboxylic acids is 2. The van der Waals surface area contributed by atoms with Gasteiger partial charge in [0.2, 0.25) is 0 Å².